The van der Waals surface area contributed by atoms with Crippen molar-refractivity contribution in [3.63, 3.8) is 0 Å². The van der Waals surface area contributed by atoms with Crippen molar-refractivity contribution >= 4 is 17.4 Å². The molecule has 1 aromatic carbocycles. The second-order valence-electron chi connectivity index (χ2n) is 7.52. The molecule has 0 saturated carbocycles. The van der Waals surface area contributed by atoms with Crippen molar-refractivity contribution in [3.05, 3.63) is 40.6 Å². The number of nitrogen functional groups attached to an aromatic ring is 1. The van der Waals surface area contributed by atoms with Crippen LogP contribution in [0.2, 0.25) is 0 Å². The lowest BCUT2D eigenvalue weighted by molar-refractivity contribution is 0.00678. The molecule has 5 N–H and O–H groups in total. The van der Waals surface area contributed by atoms with Gasteiger partial charge in [-0.25, -0.2) is 0 Å². The molecule has 7 heteroatoms. The van der Waals surface area contributed by atoms with Crippen molar-refractivity contribution < 1.29 is 15.0 Å². The number of carbonyl (C=O) groups excluding carboxylic acids is 1. The number of anilines is 2. The molecule has 3 unspecified atom stereocenters. The zero-order chi connectivity index (χ0) is 18.6. The fraction of sp³-hybridized carbons (Fsp3) is 0.474. The van der Waals surface area contributed by atoms with Crippen LogP contribution in [0.25, 0.3) is 0 Å². The van der Waals surface area contributed by atoms with Crippen LogP contribution in [0.15, 0.2) is 18.2 Å². The minimum absolute atomic E-state index is 0.130. The second-order valence-corrected chi connectivity index (χ2v) is 7.52. The molecule has 0 bridgehead atoms. The van der Waals surface area contributed by atoms with Gasteiger partial charge in [-0.2, -0.15) is 9.78 Å². The van der Waals surface area contributed by atoms with Crippen molar-refractivity contribution in [2.45, 2.75) is 50.7 Å². The Morgan fingerprint density at radius 2 is 2.19 bits per heavy atom. The molecule has 2 aliphatic rings. The standard InChI is InChI=1S/C19H24N4O3/c1-10-4-3-5-11-15(10)21-9-8-19(11,2)18(26)23-17(20)14-12(22-23)6-7-13(24)16(14)25/h3-5,13,16,21,24-25H,6-9,20H2,1-2H3. The summed E-state index contributed by atoms with van der Waals surface area (Å²) in [7, 11) is 0. The lowest BCUT2D eigenvalue weighted by Crippen LogP contribution is -2.42. The smallest absolute Gasteiger partial charge is 0.259 e. The van der Waals surface area contributed by atoms with Gasteiger partial charge in [0.2, 0.25) is 0 Å². The van der Waals surface area contributed by atoms with Crippen molar-refractivity contribution in [1.82, 2.24) is 9.78 Å². The quantitative estimate of drug-likeness (QED) is 0.616. The molecular weight excluding hydrogens is 332 g/mol. The normalized spacial score (nSPS) is 27.4. The van der Waals surface area contributed by atoms with Crippen molar-refractivity contribution in [2.24, 2.45) is 0 Å². The van der Waals surface area contributed by atoms with Crippen LogP contribution in [0.1, 0.15) is 53.0 Å². The molecule has 26 heavy (non-hydrogen) atoms. The molecule has 0 amide bonds. The largest absolute Gasteiger partial charge is 0.390 e. The monoisotopic (exact) mass is 356 g/mol. The lowest BCUT2D eigenvalue weighted by atomic mass is 9.75. The number of aliphatic hydroxyl groups is 2. The highest BCUT2D eigenvalue weighted by Crippen LogP contribution is 2.41. The first kappa shape index (κ1) is 17.1. The van der Waals surface area contributed by atoms with E-state index in [4.69, 9.17) is 5.73 Å². The van der Waals surface area contributed by atoms with Crippen LogP contribution in [0.5, 0.6) is 0 Å². The predicted octanol–water partition coefficient (Wildman–Crippen LogP) is 1.53. The highest BCUT2D eigenvalue weighted by molar-refractivity contribution is 5.94. The van der Waals surface area contributed by atoms with Crippen LogP contribution in [-0.4, -0.2) is 38.5 Å². The minimum Gasteiger partial charge on any atom is -0.390 e. The van der Waals surface area contributed by atoms with Gasteiger partial charge in [0.15, 0.2) is 0 Å². The minimum atomic E-state index is -1.10. The molecule has 138 valence electrons. The summed E-state index contributed by atoms with van der Waals surface area (Å²) in [4.78, 5) is 13.5. The van der Waals surface area contributed by atoms with E-state index >= 15 is 0 Å². The highest BCUT2D eigenvalue weighted by atomic mass is 16.3. The number of para-hydroxylation sites is 1. The number of aliphatic hydroxyl groups excluding tert-OH is 2. The molecular formula is C19H24N4O3. The third-order valence-corrected chi connectivity index (χ3v) is 5.83. The summed E-state index contributed by atoms with van der Waals surface area (Å²) >= 11 is 0. The molecule has 0 spiro atoms. The fourth-order valence-corrected chi connectivity index (χ4v) is 4.18. The van der Waals surface area contributed by atoms with E-state index < -0.39 is 17.6 Å². The summed E-state index contributed by atoms with van der Waals surface area (Å²) in [5, 5.41) is 28.0. The number of aryl methyl sites for hydroxylation is 2. The first-order chi connectivity index (χ1) is 12.3. The fourth-order valence-electron chi connectivity index (χ4n) is 4.18. The molecule has 7 nitrogen and oxygen atoms in total. The van der Waals surface area contributed by atoms with Gasteiger partial charge in [0.05, 0.1) is 17.2 Å². The number of hydrogen-bond donors (Lipinski definition) is 4. The SMILES string of the molecule is Cc1cccc2c1NCCC2(C)C(=O)n1nc2c(c1N)C(O)C(O)CC2. The van der Waals surface area contributed by atoms with Gasteiger partial charge in [-0.3, -0.25) is 4.79 Å². The van der Waals surface area contributed by atoms with Gasteiger partial charge in [0, 0.05) is 17.8 Å². The maximum Gasteiger partial charge on any atom is 0.259 e. The molecule has 1 aliphatic heterocycles. The third kappa shape index (κ3) is 2.27. The highest BCUT2D eigenvalue weighted by Gasteiger charge is 2.43. The van der Waals surface area contributed by atoms with E-state index in [1.165, 1.54) is 4.68 Å². The third-order valence-electron chi connectivity index (χ3n) is 5.83. The predicted molar refractivity (Wildman–Crippen MR) is 98.2 cm³/mol. The van der Waals surface area contributed by atoms with Crippen LogP contribution in [0.4, 0.5) is 11.5 Å². The number of rotatable bonds is 1. The molecule has 4 rings (SSSR count). The summed E-state index contributed by atoms with van der Waals surface area (Å²) < 4.78 is 1.23. The maximum absolute atomic E-state index is 13.5. The summed E-state index contributed by atoms with van der Waals surface area (Å²) in [6.07, 6.45) is -0.461. The number of nitrogens with one attached hydrogen (secondary N) is 1. The first-order valence-electron chi connectivity index (χ1n) is 8.96. The van der Waals surface area contributed by atoms with Crippen LogP contribution in [0, 0.1) is 6.92 Å². The summed E-state index contributed by atoms with van der Waals surface area (Å²) in [6.45, 7) is 4.61. The zero-order valence-corrected chi connectivity index (χ0v) is 15.0. The number of hydrogen-bond acceptors (Lipinski definition) is 6. The van der Waals surface area contributed by atoms with Crippen LogP contribution >= 0.6 is 0 Å². The van der Waals surface area contributed by atoms with Gasteiger partial charge >= 0.3 is 0 Å². The van der Waals surface area contributed by atoms with Gasteiger partial charge in [0.1, 0.15) is 11.9 Å². The Bertz CT molecular complexity index is 891. The van der Waals surface area contributed by atoms with Crippen molar-refractivity contribution in [2.75, 3.05) is 17.6 Å². The van der Waals surface area contributed by atoms with Crippen molar-refractivity contribution in [3.8, 4) is 0 Å². The van der Waals surface area contributed by atoms with E-state index in [-0.39, 0.29) is 11.7 Å². The van der Waals surface area contributed by atoms with Gasteiger partial charge in [-0.15, -0.1) is 0 Å². The molecule has 2 aromatic rings. The van der Waals surface area contributed by atoms with Gasteiger partial charge in [0.25, 0.3) is 5.91 Å². The van der Waals surface area contributed by atoms with E-state index in [2.05, 4.69) is 10.4 Å². The number of nitrogens with zero attached hydrogens (tertiary/aromatic N) is 2. The number of benzene rings is 1. The Labute approximate surface area is 151 Å². The van der Waals surface area contributed by atoms with E-state index in [1.54, 1.807) is 0 Å². The van der Waals surface area contributed by atoms with Gasteiger partial charge in [-0.05, 0) is 44.2 Å². The van der Waals surface area contributed by atoms with Crippen LogP contribution in [0.3, 0.4) is 0 Å². The van der Waals surface area contributed by atoms with Crippen LogP contribution < -0.4 is 11.1 Å². The average molecular weight is 356 g/mol. The molecule has 2 heterocycles. The van der Waals surface area contributed by atoms with Gasteiger partial charge < -0.3 is 21.3 Å². The average Bonchev–Trinajstić information content (AvgIpc) is 2.96. The van der Waals surface area contributed by atoms with Crippen LogP contribution in [-0.2, 0) is 11.8 Å². The van der Waals surface area contributed by atoms with E-state index in [0.29, 0.717) is 37.1 Å². The molecule has 0 saturated heterocycles. The van der Waals surface area contributed by atoms with E-state index in [9.17, 15) is 15.0 Å². The molecule has 0 fully saturated rings. The molecule has 3 atom stereocenters. The Balaban J connectivity index is 1.81. The first-order valence-corrected chi connectivity index (χ1v) is 8.96. The molecule has 1 aliphatic carbocycles. The lowest BCUT2D eigenvalue weighted by Gasteiger charge is -2.35. The topological polar surface area (TPSA) is 113 Å². The Morgan fingerprint density at radius 1 is 1.42 bits per heavy atom. The number of nitrogens with two attached hydrogens (primary N) is 1. The van der Waals surface area contributed by atoms with Crippen molar-refractivity contribution in [1.29, 1.82) is 0 Å². The second kappa shape index (κ2) is 5.82. The Morgan fingerprint density at radius 3 is 2.96 bits per heavy atom. The maximum atomic E-state index is 13.5. The summed E-state index contributed by atoms with van der Waals surface area (Å²) in [6, 6.07) is 5.93. The zero-order valence-electron chi connectivity index (χ0n) is 15.0. The molecule has 0 radical (unpaired) electrons. The van der Waals surface area contributed by atoms with Gasteiger partial charge in [-0.1, -0.05) is 18.2 Å². The molecule has 1 aromatic heterocycles. The Kier molecular flexibility index (Phi) is 3.82. The summed E-state index contributed by atoms with van der Waals surface area (Å²) in [5.41, 5.74) is 9.41. The number of fused-ring (bicyclic) bond motifs is 2. The number of carbonyl (C=O) groups is 1. The Hall–Kier alpha value is -2.38. The number of aromatic nitrogens is 2. The summed E-state index contributed by atoms with van der Waals surface area (Å²) in [5.74, 6) is -0.0790. The van der Waals surface area contributed by atoms with E-state index in [0.717, 1.165) is 16.8 Å². The van der Waals surface area contributed by atoms with E-state index in [1.807, 2.05) is 32.0 Å².